The van der Waals surface area contributed by atoms with Crippen molar-refractivity contribution in [3.63, 3.8) is 0 Å². The molecule has 0 aliphatic rings. The van der Waals surface area contributed by atoms with Crippen molar-refractivity contribution in [1.29, 1.82) is 0 Å². The molecule has 0 spiro atoms. The molecule has 0 bridgehead atoms. The van der Waals surface area contributed by atoms with Crippen LogP contribution in [-0.2, 0) is 14.3 Å². The van der Waals surface area contributed by atoms with E-state index in [2.05, 4.69) is 5.32 Å². The van der Waals surface area contributed by atoms with Crippen molar-refractivity contribution in [3.8, 4) is 0 Å². The first-order valence-electron chi connectivity index (χ1n) is 9.03. The van der Waals surface area contributed by atoms with E-state index in [1.807, 2.05) is 0 Å². The molecule has 0 aromatic heterocycles. The Labute approximate surface area is 168 Å². The molecule has 1 N–H and O–H groups in total. The fourth-order valence-electron chi connectivity index (χ4n) is 2.52. The Kier molecular flexibility index (Phi) is 7.09. The monoisotopic (exact) mass is 403 g/mol. The number of hydrogen-bond donors (Lipinski definition) is 1. The van der Waals surface area contributed by atoms with Crippen LogP contribution in [0.2, 0.25) is 0 Å². The molecular formula is C22H23F2NO4. The van der Waals surface area contributed by atoms with E-state index in [9.17, 15) is 18.4 Å². The number of carbonyl (C=O) groups excluding carboxylic acids is 2. The third-order valence-electron chi connectivity index (χ3n) is 3.61. The van der Waals surface area contributed by atoms with Gasteiger partial charge in [-0.05, 0) is 69.2 Å². The molecule has 0 saturated heterocycles. The van der Waals surface area contributed by atoms with Crippen molar-refractivity contribution in [3.05, 3.63) is 71.3 Å². The smallest absolute Gasteiger partial charge is 0.412 e. The topological polar surface area (TPSA) is 64.6 Å². The van der Waals surface area contributed by atoms with Gasteiger partial charge in [-0.25, -0.2) is 18.4 Å². The molecule has 0 saturated carbocycles. The van der Waals surface area contributed by atoms with Crippen LogP contribution in [-0.4, -0.2) is 24.3 Å². The van der Waals surface area contributed by atoms with E-state index in [-0.39, 0.29) is 12.3 Å². The van der Waals surface area contributed by atoms with Gasteiger partial charge in [0.25, 0.3) is 0 Å². The van der Waals surface area contributed by atoms with Crippen molar-refractivity contribution in [2.75, 3.05) is 11.9 Å². The van der Waals surface area contributed by atoms with Crippen LogP contribution in [0.3, 0.4) is 0 Å². The molecule has 0 heterocycles. The van der Waals surface area contributed by atoms with E-state index in [0.717, 1.165) is 6.07 Å². The third kappa shape index (κ3) is 6.71. The predicted octanol–water partition coefficient (Wildman–Crippen LogP) is 5.31. The summed E-state index contributed by atoms with van der Waals surface area (Å²) in [5, 5.41) is 2.51. The number of hydrogen-bond acceptors (Lipinski definition) is 4. The zero-order valence-corrected chi connectivity index (χ0v) is 16.7. The predicted molar refractivity (Wildman–Crippen MR) is 106 cm³/mol. The second-order valence-corrected chi connectivity index (χ2v) is 7.13. The highest BCUT2D eigenvalue weighted by molar-refractivity contribution is 6.00. The molecule has 0 aliphatic heterocycles. The lowest BCUT2D eigenvalue weighted by atomic mass is 9.95. The maximum absolute atomic E-state index is 13.9. The van der Waals surface area contributed by atoms with Gasteiger partial charge in [-0.1, -0.05) is 12.1 Å². The molecule has 0 radical (unpaired) electrons. The number of nitrogens with one attached hydrogen (secondary N) is 1. The van der Waals surface area contributed by atoms with E-state index < -0.39 is 29.3 Å². The maximum Gasteiger partial charge on any atom is 0.412 e. The molecule has 7 heteroatoms. The SMILES string of the molecule is CCOC(=O)/C=C(\c1ccc(F)cc1)c1ccc(F)cc1NC(=O)OC(C)(C)C. The van der Waals surface area contributed by atoms with Crippen molar-refractivity contribution in [1.82, 2.24) is 0 Å². The number of ether oxygens (including phenoxy) is 2. The molecule has 2 aromatic rings. The zero-order chi connectivity index (χ0) is 21.6. The van der Waals surface area contributed by atoms with Crippen LogP contribution in [0.5, 0.6) is 0 Å². The largest absolute Gasteiger partial charge is 0.463 e. The van der Waals surface area contributed by atoms with E-state index >= 15 is 0 Å². The minimum absolute atomic E-state index is 0.0964. The second kappa shape index (κ2) is 9.32. The van der Waals surface area contributed by atoms with E-state index in [1.54, 1.807) is 27.7 Å². The zero-order valence-electron chi connectivity index (χ0n) is 16.7. The highest BCUT2D eigenvalue weighted by atomic mass is 19.1. The van der Waals surface area contributed by atoms with Crippen LogP contribution in [0.4, 0.5) is 19.3 Å². The van der Waals surface area contributed by atoms with Gasteiger partial charge >= 0.3 is 12.1 Å². The van der Waals surface area contributed by atoms with Crippen molar-refractivity contribution in [2.24, 2.45) is 0 Å². The molecule has 0 unspecified atom stereocenters. The Morgan fingerprint density at radius 3 is 2.24 bits per heavy atom. The number of anilines is 1. The molecule has 2 rings (SSSR count). The van der Waals surface area contributed by atoms with Gasteiger partial charge in [0.2, 0.25) is 0 Å². The average molecular weight is 403 g/mol. The summed E-state index contributed by atoms with van der Waals surface area (Å²) in [5.41, 5.74) is 0.502. The molecule has 1 amide bonds. The summed E-state index contributed by atoms with van der Waals surface area (Å²) in [4.78, 5) is 24.3. The summed E-state index contributed by atoms with van der Waals surface area (Å²) in [6.45, 7) is 6.92. The van der Waals surface area contributed by atoms with Crippen LogP contribution in [0.15, 0.2) is 48.5 Å². The fourth-order valence-corrected chi connectivity index (χ4v) is 2.52. The van der Waals surface area contributed by atoms with Crippen LogP contribution in [0.25, 0.3) is 5.57 Å². The number of halogens is 2. The van der Waals surface area contributed by atoms with Crippen molar-refractivity contribution in [2.45, 2.75) is 33.3 Å². The lowest BCUT2D eigenvalue weighted by Gasteiger charge is -2.21. The van der Waals surface area contributed by atoms with Crippen LogP contribution >= 0.6 is 0 Å². The van der Waals surface area contributed by atoms with Crippen LogP contribution < -0.4 is 5.32 Å². The average Bonchev–Trinajstić information content (AvgIpc) is 2.60. The first-order valence-corrected chi connectivity index (χ1v) is 9.03. The van der Waals surface area contributed by atoms with Gasteiger partial charge in [0, 0.05) is 11.6 Å². The third-order valence-corrected chi connectivity index (χ3v) is 3.61. The number of esters is 1. The number of rotatable bonds is 5. The quantitative estimate of drug-likeness (QED) is 0.543. The maximum atomic E-state index is 13.9. The normalized spacial score (nSPS) is 11.7. The Balaban J connectivity index is 2.54. The fraction of sp³-hybridized carbons (Fsp3) is 0.273. The Bertz CT molecular complexity index is 915. The lowest BCUT2D eigenvalue weighted by molar-refractivity contribution is -0.137. The Morgan fingerprint density at radius 2 is 1.66 bits per heavy atom. The number of carbonyl (C=O) groups is 2. The standard InChI is InChI=1S/C22H23F2NO4/c1-5-28-20(26)13-18(14-6-8-15(23)9-7-14)17-11-10-16(24)12-19(17)25-21(27)29-22(2,3)4/h6-13H,5H2,1-4H3,(H,25,27)/b18-13+. The number of benzene rings is 2. The van der Waals surface area contributed by atoms with Crippen LogP contribution in [0, 0.1) is 11.6 Å². The second-order valence-electron chi connectivity index (χ2n) is 7.13. The highest BCUT2D eigenvalue weighted by Crippen LogP contribution is 2.31. The molecule has 29 heavy (non-hydrogen) atoms. The van der Waals surface area contributed by atoms with Gasteiger partial charge in [0.05, 0.1) is 12.3 Å². The van der Waals surface area contributed by atoms with E-state index in [1.165, 1.54) is 42.5 Å². The van der Waals surface area contributed by atoms with Gasteiger partial charge in [-0.2, -0.15) is 0 Å². The van der Waals surface area contributed by atoms with E-state index in [4.69, 9.17) is 9.47 Å². The lowest BCUT2D eigenvalue weighted by Crippen LogP contribution is -2.27. The summed E-state index contributed by atoms with van der Waals surface area (Å²) in [6.07, 6.45) is 0.434. The van der Waals surface area contributed by atoms with Crippen molar-refractivity contribution < 1.29 is 27.8 Å². The summed E-state index contributed by atoms with van der Waals surface area (Å²) in [6, 6.07) is 9.13. The van der Waals surface area contributed by atoms with Crippen molar-refractivity contribution >= 4 is 23.3 Å². The molecular weight excluding hydrogens is 380 g/mol. The highest BCUT2D eigenvalue weighted by Gasteiger charge is 2.20. The van der Waals surface area contributed by atoms with Gasteiger partial charge in [-0.15, -0.1) is 0 Å². The molecule has 5 nitrogen and oxygen atoms in total. The summed E-state index contributed by atoms with van der Waals surface area (Å²) in [7, 11) is 0. The van der Waals surface area contributed by atoms with Gasteiger partial charge in [-0.3, -0.25) is 5.32 Å². The van der Waals surface area contributed by atoms with Crippen LogP contribution in [0.1, 0.15) is 38.8 Å². The summed E-state index contributed by atoms with van der Waals surface area (Å²) < 4.78 is 37.4. The first-order chi connectivity index (χ1) is 13.6. The Hall–Kier alpha value is -3.22. The van der Waals surface area contributed by atoms with Gasteiger partial charge < -0.3 is 9.47 Å². The summed E-state index contributed by atoms with van der Waals surface area (Å²) >= 11 is 0. The molecule has 0 atom stereocenters. The minimum atomic E-state index is -0.779. The van der Waals surface area contributed by atoms with Gasteiger partial charge in [0.1, 0.15) is 17.2 Å². The Morgan fingerprint density at radius 1 is 1.03 bits per heavy atom. The molecule has 0 aliphatic carbocycles. The molecule has 2 aromatic carbocycles. The van der Waals surface area contributed by atoms with E-state index in [0.29, 0.717) is 16.7 Å². The summed E-state index contributed by atoms with van der Waals surface area (Å²) in [5.74, 6) is -1.66. The molecule has 154 valence electrons. The number of amides is 1. The minimum Gasteiger partial charge on any atom is -0.463 e. The first kappa shape index (κ1) is 22.1. The molecule has 0 fully saturated rings. The van der Waals surface area contributed by atoms with Gasteiger partial charge in [0.15, 0.2) is 0 Å².